The van der Waals surface area contributed by atoms with Gasteiger partial charge in [-0.1, -0.05) is 24.3 Å². The van der Waals surface area contributed by atoms with Crippen LogP contribution >= 0.6 is 0 Å². The van der Waals surface area contributed by atoms with Crippen LogP contribution < -0.4 is 0 Å². The Kier molecular flexibility index (Phi) is 2.99. The van der Waals surface area contributed by atoms with Crippen molar-refractivity contribution in [3.63, 3.8) is 0 Å². The second-order valence-electron chi connectivity index (χ2n) is 4.75. The fourth-order valence-electron chi connectivity index (χ4n) is 2.40. The van der Waals surface area contributed by atoms with Crippen LogP contribution in [0.3, 0.4) is 0 Å². The predicted octanol–water partition coefficient (Wildman–Crippen LogP) is 3.67. The Morgan fingerprint density at radius 1 is 1.15 bits per heavy atom. The van der Waals surface area contributed by atoms with Crippen molar-refractivity contribution in [2.45, 2.75) is 13.8 Å². The molecule has 0 fully saturated rings. The number of benzene rings is 2. The van der Waals surface area contributed by atoms with E-state index in [2.05, 4.69) is 15.4 Å². The molecule has 0 unspecified atom stereocenters. The van der Waals surface area contributed by atoms with E-state index in [1.165, 1.54) is 0 Å². The third-order valence-electron chi connectivity index (χ3n) is 3.27. The molecule has 1 heterocycles. The van der Waals surface area contributed by atoms with E-state index in [1.807, 2.05) is 56.3 Å². The molecule has 2 N–H and O–H groups in total. The summed E-state index contributed by atoms with van der Waals surface area (Å²) in [6, 6.07) is 9.67. The van der Waals surface area contributed by atoms with Crippen molar-refractivity contribution in [1.29, 1.82) is 0 Å². The Labute approximate surface area is 116 Å². The Balaban J connectivity index is 2.31. The first kappa shape index (κ1) is 12.4. The lowest BCUT2D eigenvalue weighted by Crippen LogP contribution is -1.87. The van der Waals surface area contributed by atoms with Gasteiger partial charge in [0, 0.05) is 16.7 Å². The van der Waals surface area contributed by atoms with Crippen LogP contribution in [0.2, 0.25) is 0 Å². The molecule has 0 spiro atoms. The van der Waals surface area contributed by atoms with Crippen molar-refractivity contribution in [2.24, 2.45) is 0 Å². The largest absolute Gasteiger partial charge is 0.507 e. The van der Waals surface area contributed by atoms with Crippen LogP contribution in [-0.2, 0) is 0 Å². The fourth-order valence-corrected chi connectivity index (χ4v) is 2.40. The Morgan fingerprint density at radius 3 is 2.80 bits per heavy atom. The molecule has 0 saturated carbocycles. The van der Waals surface area contributed by atoms with E-state index in [0.29, 0.717) is 0 Å². The SMILES string of the molecule is CC=Cc1cc(C)cc(-c2cccc3n[nH]nc23)c1O. The maximum Gasteiger partial charge on any atom is 0.130 e. The number of nitrogens with one attached hydrogen (secondary N) is 1. The van der Waals surface area contributed by atoms with Crippen molar-refractivity contribution in [2.75, 3.05) is 0 Å². The fraction of sp³-hybridized carbons (Fsp3) is 0.125. The van der Waals surface area contributed by atoms with E-state index in [9.17, 15) is 5.11 Å². The number of H-pyrrole nitrogens is 1. The zero-order valence-electron chi connectivity index (χ0n) is 11.4. The van der Waals surface area contributed by atoms with Gasteiger partial charge in [0.25, 0.3) is 0 Å². The quantitative estimate of drug-likeness (QED) is 0.743. The molecule has 2 aromatic carbocycles. The van der Waals surface area contributed by atoms with Crippen molar-refractivity contribution >= 4 is 17.1 Å². The van der Waals surface area contributed by atoms with Gasteiger partial charge < -0.3 is 5.11 Å². The highest BCUT2D eigenvalue weighted by Gasteiger charge is 2.13. The number of hydrogen-bond acceptors (Lipinski definition) is 3. The van der Waals surface area contributed by atoms with Crippen LogP contribution in [0.25, 0.3) is 28.2 Å². The van der Waals surface area contributed by atoms with E-state index in [4.69, 9.17) is 0 Å². The summed E-state index contributed by atoms with van der Waals surface area (Å²) in [7, 11) is 0. The van der Waals surface area contributed by atoms with Crippen molar-refractivity contribution in [1.82, 2.24) is 15.4 Å². The van der Waals surface area contributed by atoms with E-state index < -0.39 is 0 Å². The molecular formula is C16H15N3O. The van der Waals surface area contributed by atoms with Gasteiger partial charge in [0.1, 0.15) is 16.8 Å². The van der Waals surface area contributed by atoms with Crippen LogP contribution in [0.1, 0.15) is 18.1 Å². The number of allylic oxidation sites excluding steroid dienone is 1. The van der Waals surface area contributed by atoms with E-state index >= 15 is 0 Å². The number of aromatic nitrogens is 3. The average Bonchev–Trinajstić information content (AvgIpc) is 2.91. The molecule has 0 aliphatic rings. The maximum absolute atomic E-state index is 10.5. The Hall–Kier alpha value is -2.62. The van der Waals surface area contributed by atoms with Crippen LogP contribution in [0.5, 0.6) is 5.75 Å². The van der Waals surface area contributed by atoms with Gasteiger partial charge in [0.15, 0.2) is 0 Å². The highest BCUT2D eigenvalue weighted by atomic mass is 16.3. The minimum atomic E-state index is 0.268. The van der Waals surface area contributed by atoms with Gasteiger partial charge in [-0.15, -0.1) is 0 Å². The second kappa shape index (κ2) is 4.81. The Morgan fingerprint density at radius 2 is 2.00 bits per heavy atom. The molecule has 0 amide bonds. The smallest absolute Gasteiger partial charge is 0.130 e. The van der Waals surface area contributed by atoms with Gasteiger partial charge in [-0.05, 0) is 37.6 Å². The summed E-state index contributed by atoms with van der Waals surface area (Å²) in [6.45, 7) is 3.94. The lowest BCUT2D eigenvalue weighted by atomic mass is 9.97. The molecule has 4 nitrogen and oxygen atoms in total. The normalized spacial score (nSPS) is 11.5. The molecule has 0 aliphatic carbocycles. The lowest BCUT2D eigenvalue weighted by molar-refractivity contribution is 0.476. The summed E-state index contributed by atoms with van der Waals surface area (Å²) < 4.78 is 0. The van der Waals surface area contributed by atoms with Crippen LogP contribution in [-0.4, -0.2) is 20.5 Å². The first-order valence-electron chi connectivity index (χ1n) is 6.47. The molecular weight excluding hydrogens is 250 g/mol. The van der Waals surface area contributed by atoms with Gasteiger partial charge in [0.2, 0.25) is 0 Å². The molecule has 0 saturated heterocycles. The highest BCUT2D eigenvalue weighted by Crippen LogP contribution is 2.36. The summed E-state index contributed by atoms with van der Waals surface area (Å²) in [6.07, 6.45) is 3.81. The molecule has 3 aromatic rings. The zero-order chi connectivity index (χ0) is 14.1. The van der Waals surface area contributed by atoms with Crippen molar-refractivity contribution in [3.8, 4) is 16.9 Å². The number of phenols is 1. The number of hydrogen-bond donors (Lipinski definition) is 2. The van der Waals surface area contributed by atoms with Crippen LogP contribution in [0, 0.1) is 6.92 Å². The van der Waals surface area contributed by atoms with Gasteiger partial charge in [-0.2, -0.15) is 15.4 Å². The topological polar surface area (TPSA) is 61.8 Å². The molecule has 1 aromatic heterocycles. The first-order valence-corrected chi connectivity index (χ1v) is 6.47. The van der Waals surface area contributed by atoms with Crippen LogP contribution in [0.4, 0.5) is 0 Å². The minimum absolute atomic E-state index is 0.268. The number of fused-ring (bicyclic) bond motifs is 1. The zero-order valence-corrected chi connectivity index (χ0v) is 11.4. The molecule has 0 radical (unpaired) electrons. The van der Waals surface area contributed by atoms with Gasteiger partial charge in [-0.3, -0.25) is 0 Å². The van der Waals surface area contributed by atoms with E-state index in [-0.39, 0.29) is 5.75 Å². The number of aromatic hydroxyl groups is 1. The summed E-state index contributed by atoms with van der Waals surface area (Å²) in [5.74, 6) is 0.268. The molecule has 0 atom stereocenters. The Bertz CT molecular complexity index is 803. The monoisotopic (exact) mass is 265 g/mol. The number of para-hydroxylation sites is 1. The number of rotatable bonds is 2. The molecule has 3 rings (SSSR count). The molecule has 20 heavy (non-hydrogen) atoms. The third-order valence-corrected chi connectivity index (χ3v) is 3.27. The highest BCUT2D eigenvalue weighted by molar-refractivity contribution is 5.94. The van der Waals surface area contributed by atoms with Gasteiger partial charge >= 0.3 is 0 Å². The minimum Gasteiger partial charge on any atom is -0.507 e. The molecule has 4 heteroatoms. The predicted molar refractivity (Wildman–Crippen MR) is 80.4 cm³/mol. The average molecular weight is 265 g/mol. The molecule has 0 aliphatic heterocycles. The van der Waals surface area contributed by atoms with E-state index in [1.54, 1.807) is 0 Å². The summed E-state index contributed by atoms with van der Waals surface area (Å²) >= 11 is 0. The maximum atomic E-state index is 10.5. The molecule has 0 bridgehead atoms. The number of phenolic OH excluding ortho intramolecular Hbond substituents is 1. The molecule has 100 valence electrons. The van der Waals surface area contributed by atoms with Gasteiger partial charge in [0.05, 0.1) is 0 Å². The third kappa shape index (κ3) is 1.95. The van der Waals surface area contributed by atoms with Crippen LogP contribution in [0.15, 0.2) is 36.4 Å². The first-order chi connectivity index (χ1) is 9.70. The lowest BCUT2D eigenvalue weighted by Gasteiger charge is -2.10. The summed E-state index contributed by atoms with van der Waals surface area (Å²) in [4.78, 5) is 0. The summed E-state index contributed by atoms with van der Waals surface area (Å²) in [5.41, 5.74) is 5.10. The number of aryl methyl sites for hydroxylation is 1. The van der Waals surface area contributed by atoms with Gasteiger partial charge in [-0.25, -0.2) is 0 Å². The standard InChI is InChI=1S/C16H15N3O/c1-3-5-11-8-10(2)9-13(16(11)20)12-6-4-7-14-15(12)18-19-17-14/h3-9,20H,1-2H3,(H,17,18,19). The summed E-state index contributed by atoms with van der Waals surface area (Å²) in [5, 5.41) is 21.4. The van der Waals surface area contributed by atoms with E-state index in [0.717, 1.165) is 33.3 Å². The van der Waals surface area contributed by atoms with Crippen molar-refractivity contribution in [3.05, 3.63) is 47.5 Å². The number of aromatic amines is 1. The van der Waals surface area contributed by atoms with Crippen molar-refractivity contribution < 1.29 is 5.11 Å². The number of nitrogens with zero attached hydrogens (tertiary/aromatic N) is 2. The second-order valence-corrected chi connectivity index (χ2v) is 4.75.